The molecule has 1 unspecified atom stereocenters. The topological polar surface area (TPSA) is 98.0 Å². The summed E-state index contributed by atoms with van der Waals surface area (Å²) in [4.78, 5) is 23.2. The summed E-state index contributed by atoms with van der Waals surface area (Å²) in [7, 11) is 0. The molecule has 1 aliphatic heterocycles. The van der Waals surface area contributed by atoms with Gasteiger partial charge in [-0.1, -0.05) is 12.1 Å². The van der Waals surface area contributed by atoms with Gasteiger partial charge in [0, 0.05) is 5.56 Å². The molecule has 2 N–H and O–H groups in total. The minimum Gasteiger partial charge on any atom is -0.486 e. The van der Waals surface area contributed by atoms with Crippen molar-refractivity contribution in [3.63, 3.8) is 0 Å². The Balaban J connectivity index is 1.63. The van der Waals surface area contributed by atoms with Crippen LogP contribution in [0.25, 0.3) is 0 Å². The SMILES string of the molecule is Cc1coc(CC(=O)O)c1C(=O)NCC1COc2ccccc2O1. The number of rotatable bonds is 5. The Morgan fingerprint density at radius 3 is 2.79 bits per heavy atom. The van der Waals surface area contributed by atoms with Crippen molar-refractivity contribution >= 4 is 11.9 Å². The van der Waals surface area contributed by atoms with Gasteiger partial charge in [0.05, 0.1) is 18.4 Å². The molecule has 1 atom stereocenters. The molecule has 24 heavy (non-hydrogen) atoms. The van der Waals surface area contributed by atoms with E-state index in [1.807, 2.05) is 18.2 Å². The molecule has 1 aliphatic rings. The molecule has 7 nitrogen and oxygen atoms in total. The van der Waals surface area contributed by atoms with Crippen LogP contribution in [0.15, 0.2) is 34.9 Å². The van der Waals surface area contributed by atoms with Crippen LogP contribution < -0.4 is 14.8 Å². The molecule has 1 aromatic carbocycles. The number of furan rings is 1. The molecule has 3 rings (SSSR count). The van der Waals surface area contributed by atoms with Gasteiger partial charge in [0.25, 0.3) is 5.91 Å². The molecular formula is C17H17NO6. The maximum absolute atomic E-state index is 12.4. The average molecular weight is 331 g/mol. The zero-order valence-electron chi connectivity index (χ0n) is 13.1. The average Bonchev–Trinajstić information content (AvgIpc) is 2.92. The summed E-state index contributed by atoms with van der Waals surface area (Å²) in [5.74, 6) is 0.00574. The van der Waals surface area contributed by atoms with Crippen LogP contribution in [0.5, 0.6) is 11.5 Å². The first-order valence-corrected chi connectivity index (χ1v) is 7.50. The highest BCUT2D eigenvalue weighted by atomic mass is 16.6. The number of carbonyl (C=O) groups is 2. The van der Waals surface area contributed by atoms with E-state index >= 15 is 0 Å². The number of amides is 1. The Morgan fingerprint density at radius 2 is 2.04 bits per heavy atom. The molecular weight excluding hydrogens is 314 g/mol. The Morgan fingerprint density at radius 1 is 1.29 bits per heavy atom. The molecule has 126 valence electrons. The lowest BCUT2D eigenvalue weighted by atomic mass is 10.1. The fourth-order valence-electron chi connectivity index (χ4n) is 2.53. The van der Waals surface area contributed by atoms with Crippen LogP contribution in [-0.2, 0) is 11.2 Å². The first-order chi connectivity index (χ1) is 11.5. The van der Waals surface area contributed by atoms with Crippen LogP contribution in [0.4, 0.5) is 0 Å². The number of aryl methyl sites for hydroxylation is 1. The number of carbonyl (C=O) groups excluding carboxylic acids is 1. The van der Waals surface area contributed by atoms with E-state index in [9.17, 15) is 9.59 Å². The van der Waals surface area contributed by atoms with Crippen molar-refractivity contribution in [1.82, 2.24) is 5.32 Å². The van der Waals surface area contributed by atoms with E-state index in [1.54, 1.807) is 13.0 Å². The first kappa shape index (κ1) is 15.9. The highest BCUT2D eigenvalue weighted by molar-refractivity contribution is 5.97. The van der Waals surface area contributed by atoms with Gasteiger partial charge in [-0.3, -0.25) is 9.59 Å². The third-order valence-corrected chi connectivity index (χ3v) is 3.65. The van der Waals surface area contributed by atoms with Gasteiger partial charge in [0.15, 0.2) is 11.5 Å². The number of fused-ring (bicyclic) bond motifs is 1. The number of ether oxygens (including phenoxy) is 2. The maximum atomic E-state index is 12.4. The van der Waals surface area contributed by atoms with Crippen molar-refractivity contribution in [2.75, 3.05) is 13.2 Å². The largest absolute Gasteiger partial charge is 0.486 e. The fraction of sp³-hybridized carbons (Fsp3) is 0.294. The summed E-state index contributed by atoms with van der Waals surface area (Å²) < 4.78 is 16.5. The quantitative estimate of drug-likeness (QED) is 0.867. The number of benzene rings is 1. The number of carboxylic acid groups (broad SMARTS) is 1. The van der Waals surface area contributed by atoms with Gasteiger partial charge in [0.2, 0.25) is 0 Å². The van der Waals surface area contributed by atoms with Crippen molar-refractivity contribution in [3.8, 4) is 11.5 Å². The molecule has 0 spiro atoms. The zero-order chi connectivity index (χ0) is 17.1. The molecule has 0 bridgehead atoms. The Hall–Kier alpha value is -2.96. The minimum atomic E-state index is -1.06. The maximum Gasteiger partial charge on any atom is 0.311 e. The van der Waals surface area contributed by atoms with Gasteiger partial charge in [-0.05, 0) is 19.1 Å². The summed E-state index contributed by atoms with van der Waals surface area (Å²) in [6.07, 6.45) is 0.718. The van der Waals surface area contributed by atoms with Crippen LogP contribution in [0.1, 0.15) is 21.7 Å². The standard InChI is InChI=1S/C17H17NO6/c1-10-8-22-14(6-15(19)20)16(10)17(21)18-7-11-9-23-12-4-2-3-5-13(12)24-11/h2-5,8,11H,6-7,9H2,1H3,(H,18,21)(H,19,20). The van der Waals surface area contributed by atoms with Gasteiger partial charge in [-0.25, -0.2) is 0 Å². The molecule has 0 fully saturated rings. The summed E-state index contributed by atoms with van der Waals surface area (Å²) in [6, 6.07) is 7.32. The first-order valence-electron chi connectivity index (χ1n) is 7.50. The normalized spacial score (nSPS) is 15.8. The lowest BCUT2D eigenvalue weighted by Gasteiger charge is -2.26. The van der Waals surface area contributed by atoms with Gasteiger partial charge in [0.1, 0.15) is 24.9 Å². The molecule has 7 heteroatoms. The predicted molar refractivity (Wildman–Crippen MR) is 83.5 cm³/mol. The van der Waals surface area contributed by atoms with Gasteiger partial charge in [-0.15, -0.1) is 0 Å². The molecule has 0 aliphatic carbocycles. The zero-order valence-corrected chi connectivity index (χ0v) is 13.1. The highest BCUT2D eigenvalue weighted by Crippen LogP contribution is 2.30. The summed E-state index contributed by atoms with van der Waals surface area (Å²) in [6.45, 7) is 2.26. The lowest BCUT2D eigenvalue weighted by Crippen LogP contribution is -2.41. The van der Waals surface area contributed by atoms with E-state index in [-0.39, 0.29) is 36.3 Å². The number of aliphatic carboxylic acids is 1. The smallest absolute Gasteiger partial charge is 0.311 e. The van der Waals surface area contributed by atoms with Crippen LogP contribution in [-0.4, -0.2) is 36.2 Å². The van der Waals surface area contributed by atoms with E-state index in [1.165, 1.54) is 6.26 Å². The Kier molecular flexibility index (Phi) is 4.41. The summed E-state index contributed by atoms with van der Waals surface area (Å²) in [5, 5.41) is 11.6. The molecule has 1 amide bonds. The third kappa shape index (κ3) is 3.34. The summed E-state index contributed by atoms with van der Waals surface area (Å²) >= 11 is 0. The van der Waals surface area contributed by atoms with Crippen molar-refractivity contribution in [3.05, 3.63) is 47.4 Å². The predicted octanol–water partition coefficient (Wildman–Crippen LogP) is 1.78. The van der Waals surface area contributed by atoms with E-state index in [4.69, 9.17) is 19.0 Å². The minimum absolute atomic E-state index is 0.142. The second kappa shape index (κ2) is 6.66. The Bertz CT molecular complexity index is 766. The molecule has 2 aromatic rings. The van der Waals surface area contributed by atoms with Gasteiger partial charge in [-0.2, -0.15) is 0 Å². The molecule has 1 aromatic heterocycles. The number of para-hydroxylation sites is 2. The van der Waals surface area contributed by atoms with Crippen molar-refractivity contribution in [2.24, 2.45) is 0 Å². The van der Waals surface area contributed by atoms with Crippen LogP contribution in [0.2, 0.25) is 0 Å². The third-order valence-electron chi connectivity index (χ3n) is 3.65. The van der Waals surface area contributed by atoms with Gasteiger partial charge >= 0.3 is 5.97 Å². The van der Waals surface area contributed by atoms with E-state index in [0.717, 1.165) is 0 Å². The highest BCUT2D eigenvalue weighted by Gasteiger charge is 2.24. The number of hydrogen-bond donors (Lipinski definition) is 2. The second-order valence-corrected chi connectivity index (χ2v) is 5.50. The van der Waals surface area contributed by atoms with E-state index in [0.29, 0.717) is 23.7 Å². The molecule has 0 saturated heterocycles. The van der Waals surface area contributed by atoms with Crippen LogP contribution in [0, 0.1) is 6.92 Å². The number of carboxylic acids is 1. The van der Waals surface area contributed by atoms with Crippen molar-refractivity contribution in [2.45, 2.75) is 19.4 Å². The number of nitrogens with one attached hydrogen (secondary N) is 1. The van der Waals surface area contributed by atoms with Crippen LogP contribution >= 0.6 is 0 Å². The monoisotopic (exact) mass is 331 g/mol. The molecule has 2 heterocycles. The van der Waals surface area contributed by atoms with Crippen molar-refractivity contribution in [1.29, 1.82) is 0 Å². The van der Waals surface area contributed by atoms with E-state index < -0.39 is 5.97 Å². The van der Waals surface area contributed by atoms with Crippen molar-refractivity contribution < 1.29 is 28.6 Å². The van der Waals surface area contributed by atoms with Gasteiger partial charge < -0.3 is 24.3 Å². The second-order valence-electron chi connectivity index (χ2n) is 5.50. The lowest BCUT2D eigenvalue weighted by molar-refractivity contribution is -0.136. The Labute approximate surface area is 138 Å². The summed E-state index contributed by atoms with van der Waals surface area (Å²) in [5.41, 5.74) is 0.851. The number of hydrogen-bond acceptors (Lipinski definition) is 5. The molecule has 0 saturated carbocycles. The molecule has 0 radical (unpaired) electrons. The van der Waals surface area contributed by atoms with E-state index in [2.05, 4.69) is 5.32 Å². The fourth-order valence-corrected chi connectivity index (χ4v) is 2.53. The van der Waals surface area contributed by atoms with Crippen LogP contribution in [0.3, 0.4) is 0 Å².